The van der Waals surface area contributed by atoms with E-state index < -0.39 is 0 Å². The van der Waals surface area contributed by atoms with E-state index in [9.17, 15) is 0 Å². The Morgan fingerprint density at radius 1 is 0.333 bits per heavy atom. The van der Waals surface area contributed by atoms with Crippen molar-refractivity contribution in [3.05, 3.63) is 230 Å². The van der Waals surface area contributed by atoms with Crippen LogP contribution in [0.4, 0.5) is 5.69 Å². The molecule has 0 spiro atoms. The molecule has 0 atom stereocenters. The number of fused-ring (bicyclic) bond motifs is 3. The maximum absolute atomic E-state index is 7.50. The number of hydrogen-bond acceptors (Lipinski definition) is 4. The first-order chi connectivity index (χ1) is 31.2. The fourth-order valence-electron chi connectivity index (χ4n) is 8.36. The van der Waals surface area contributed by atoms with Crippen LogP contribution in [0, 0.1) is 6.57 Å². The Morgan fingerprint density at radius 2 is 0.794 bits per heavy atom. The van der Waals surface area contributed by atoms with Gasteiger partial charge in [0.2, 0.25) is 0 Å². The zero-order valence-corrected chi connectivity index (χ0v) is 34.0. The third kappa shape index (κ3) is 7.10. The van der Waals surface area contributed by atoms with Crippen molar-refractivity contribution < 1.29 is 0 Å². The molecule has 6 nitrogen and oxygen atoms in total. The van der Waals surface area contributed by atoms with Crippen LogP contribution in [0.25, 0.3) is 111 Å². The van der Waals surface area contributed by atoms with Crippen molar-refractivity contribution in [2.24, 2.45) is 0 Å². The third-order valence-electron chi connectivity index (χ3n) is 11.5. The van der Waals surface area contributed by atoms with Crippen molar-refractivity contribution in [1.82, 2.24) is 24.5 Å². The van der Waals surface area contributed by atoms with Crippen LogP contribution in [0.3, 0.4) is 0 Å². The second-order valence-electron chi connectivity index (χ2n) is 15.4. The summed E-state index contributed by atoms with van der Waals surface area (Å²) in [6.45, 7) is 7.50. The number of aromatic nitrogens is 5. The molecule has 0 aliphatic carbocycles. The normalized spacial score (nSPS) is 11.2. The van der Waals surface area contributed by atoms with E-state index in [1.165, 1.54) is 0 Å². The van der Waals surface area contributed by atoms with Gasteiger partial charge in [0, 0.05) is 44.2 Å². The Morgan fingerprint density at radius 3 is 1.38 bits per heavy atom. The molecule has 294 valence electrons. The molecule has 3 heterocycles. The van der Waals surface area contributed by atoms with Crippen LogP contribution in [-0.2, 0) is 0 Å². The van der Waals surface area contributed by atoms with E-state index in [1.54, 1.807) is 0 Å². The average Bonchev–Trinajstić information content (AvgIpc) is 3.70. The van der Waals surface area contributed by atoms with Crippen molar-refractivity contribution in [2.75, 3.05) is 0 Å². The predicted octanol–water partition coefficient (Wildman–Crippen LogP) is 14.6. The van der Waals surface area contributed by atoms with Gasteiger partial charge in [-0.2, -0.15) is 0 Å². The topological polar surface area (TPSA) is 60.9 Å². The minimum Gasteiger partial charge on any atom is -0.309 e. The molecule has 0 fully saturated rings. The highest BCUT2D eigenvalue weighted by Gasteiger charge is 2.21. The standard InChI is InChI=1S/C57H36N6/c1-58-45-30-26-38(27-31-45)43-28-32-47-46-24-14-15-25-53(46)63(55(47)35-43)54-33-29-44(51-36-49(39-16-6-2-7-17-39)59-56(61-51)41-20-10-4-11-21-41)34-48(54)52-37-50(40-18-8-3-9-19-40)60-57(62-52)42-22-12-5-13-23-42/h2-37H. The molecule has 0 saturated heterocycles. The van der Waals surface area contributed by atoms with Gasteiger partial charge in [0.05, 0.1) is 46.1 Å². The minimum atomic E-state index is 0.615. The smallest absolute Gasteiger partial charge is 0.187 e. The summed E-state index contributed by atoms with van der Waals surface area (Å²) in [5, 5.41) is 2.28. The minimum absolute atomic E-state index is 0.615. The van der Waals surface area contributed by atoms with Gasteiger partial charge in [-0.25, -0.2) is 24.8 Å². The van der Waals surface area contributed by atoms with Gasteiger partial charge in [0.1, 0.15) is 0 Å². The molecule has 11 aromatic rings. The van der Waals surface area contributed by atoms with Crippen LogP contribution < -0.4 is 0 Å². The van der Waals surface area contributed by atoms with Crippen LogP contribution in [0.2, 0.25) is 0 Å². The van der Waals surface area contributed by atoms with Gasteiger partial charge in [-0.05, 0) is 47.5 Å². The molecule has 0 N–H and O–H groups in total. The Bertz CT molecular complexity index is 3370. The molecule has 0 aliphatic rings. The van der Waals surface area contributed by atoms with Crippen LogP contribution in [0.1, 0.15) is 0 Å². The molecule has 3 aromatic heterocycles. The highest BCUT2D eigenvalue weighted by Crippen LogP contribution is 2.41. The van der Waals surface area contributed by atoms with E-state index in [0.29, 0.717) is 17.3 Å². The first-order valence-electron chi connectivity index (χ1n) is 20.8. The SMILES string of the molecule is [C-]#[N+]c1ccc(-c2ccc3c4ccccc4n(-c4ccc(-c5cc(-c6ccccc6)nc(-c6ccccc6)n5)cc4-c4cc(-c5ccccc5)nc(-c5ccccc5)n4)c3c2)cc1. The Labute approximate surface area is 365 Å². The fourth-order valence-corrected chi connectivity index (χ4v) is 8.36. The van der Waals surface area contributed by atoms with Crippen LogP contribution >= 0.6 is 0 Å². The Kier molecular flexibility index (Phi) is 9.45. The van der Waals surface area contributed by atoms with Gasteiger partial charge in [-0.3, -0.25) is 0 Å². The first-order valence-corrected chi connectivity index (χ1v) is 20.8. The second-order valence-corrected chi connectivity index (χ2v) is 15.4. The van der Waals surface area contributed by atoms with Crippen LogP contribution in [-0.4, -0.2) is 24.5 Å². The van der Waals surface area contributed by atoms with Crippen molar-refractivity contribution in [3.63, 3.8) is 0 Å². The third-order valence-corrected chi connectivity index (χ3v) is 11.5. The highest BCUT2D eigenvalue weighted by molar-refractivity contribution is 6.11. The fraction of sp³-hybridized carbons (Fsp3) is 0. The van der Waals surface area contributed by atoms with Crippen molar-refractivity contribution in [2.45, 2.75) is 0 Å². The molecule has 0 unspecified atom stereocenters. The summed E-state index contributed by atoms with van der Waals surface area (Å²) < 4.78 is 2.36. The molecule has 6 heteroatoms. The summed E-state index contributed by atoms with van der Waals surface area (Å²) in [6, 6.07) is 74.6. The zero-order chi connectivity index (χ0) is 42.1. The van der Waals surface area contributed by atoms with E-state index in [1.807, 2.05) is 97.1 Å². The predicted molar refractivity (Wildman–Crippen MR) is 256 cm³/mol. The van der Waals surface area contributed by atoms with Gasteiger partial charge in [-0.1, -0.05) is 182 Å². The molecule has 0 saturated carbocycles. The molecular formula is C57H36N6. The molecule has 0 bridgehead atoms. The Balaban J connectivity index is 1.20. The number of hydrogen-bond donors (Lipinski definition) is 0. The van der Waals surface area contributed by atoms with Gasteiger partial charge in [-0.15, -0.1) is 0 Å². The van der Waals surface area contributed by atoms with Gasteiger partial charge >= 0.3 is 0 Å². The lowest BCUT2D eigenvalue weighted by molar-refractivity contribution is 1.15. The summed E-state index contributed by atoms with van der Waals surface area (Å²) in [5.74, 6) is 1.28. The lowest BCUT2D eigenvalue weighted by Gasteiger charge is -2.17. The second kappa shape index (κ2) is 16.0. The molecular weight excluding hydrogens is 769 g/mol. The molecule has 0 aliphatic heterocycles. The van der Waals surface area contributed by atoms with Gasteiger partial charge < -0.3 is 4.57 Å². The first kappa shape index (κ1) is 37.2. The monoisotopic (exact) mass is 804 g/mol. The van der Waals surface area contributed by atoms with E-state index in [-0.39, 0.29) is 0 Å². The maximum Gasteiger partial charge on any atom is 0.187 e. The lowest BCUT2D eigenvalue weighted by atomic mass is 9.99. The number of benzene rings is 8. The molecule has 8 aromatic carbocycles. The van der Waals surface area contributed by atoms with E-state index in [2.05, 4.69) is 131 Å². The number of para-hydroxylation sites is 1. The Hall–Kier alpha value is -8.79. The van der Waals surface area contributed by atoms with E-state index in [4.69, 9.17) is 26.5 Å². The summed E-state index contributed by atoms with van der Waals surface area (Å²) in [6.07, 6.45) is 0. The molecule has 63 heavy (non-hydrogen) atoms. The quantitative estimate of drug-likeness (QED) is 0.144. The molecule has 0 radical (unpaired) electrons. The largest absolute Gasteiger partial charge is 0.309 e. The van der Waals surface area contributed by atoms with Crippen molar-refractivity contribution in [1.29, 1.82) is 0 Å². The van der Waals surface area contributed by atoms with E-state index >= 15 is 0 Å². The highest BCUT2D eigenvalue weighted by atomic mass is 15.0. The summed E-state index contributed by atoms with van der Waals surface area (Å²) in [5.41, 5.74) is 14.7. The van der Waals surface area contributed by atoms with Crippen LogP contribution in [0.5, 0.6) is 0 Å². The van der Waals surface area contributed by atoms with E-state index in [0.717, 1.165) is 94.8 Å². The van der Waals surface area contributed by atoms with Crippen molar-refractivity contribution in [3.8, 4) is 84.6 Å². The van der Waals surface area contributed by atoms with Gasteiger partial charge in [0.15, 0.2) is 17.3 Å². The summed E-state index contributed by atoms with van der Waals surface area (Å²) in [7, 11) is 0. The average molecular weight is 805 g/mol. The number of nitrogens with zero attached hydrogens (tertiary/aromatic N) is 6. The zero-order valence-electron chi connectivity index (χ0n) is 34.0. The maximum atomic E-state index is 7.50. The lowest BCUT2D eigenvalue weighted by Crippen LogP contribution is -2.02. The molecule has 0 amide bonds. The van der Waals surface area contributed by atoms with Crippen LogP contribution in [0.15, 0.2) is 218 Å². The van der Waals surface area contributed by atoms with Gasteiger partial charge in [0.25, 0.3) is 0 Å². The summed E-state index contributed by atoms with van der Waals surface area (Å²) >= 11 is 0. The van der Waals surface area contributed by atoms with Crippen molar-refractivity contribution >= 4 is 27.5 Å². The summed E-state index contributed by atoms with van der Waals surface area (Å²) in [4.78, 5) is 24.5. The molecule has 11 rings (SSSR count). The number of rotatable bonds is 8.